The lowest BCUT2D eigenvalue weighted by Gasteiger charge is -2.05. The smallest absolute Gasteiger partial charge is 0.339 e. The molecule has 0 saturated heterocycles. The Morgan fingerprint density at radius 3 is 2.47 bits per heavy atom. The van der Waals surface area contributed by atoms with Gasteiger partial charge in [0.15, 0.2) is 0 Å². The van der Waals surface area contributed by atoms with E-state index in [9.17, 15) is 4.79 Å². The number of benzene rings is 2. The van der Waals surface area contributed by atoms with E-state index in [2.05, 4.69) is 15.9 Å². The van der Waals surface area contributed by atoms with Gasteiger partial charge in [0.2, 0.25) is 0 Å². The lowest BCUT2D eigenvalue weighted by Crippen LogP contribution is -2.02. The summed E-state index contributed by atoms with van der Waals surface area (Å²) in [5.74, 6) is -0.346. The van der Waals surface area contributed by atoms with Crippen molar-refractivity contribution in [2.24, 2.45) is 0 Å². The average molecular weight is 317 g/mol. The van der Waals surface area contributed by atoms with Crippen molar-refractivity contribution in [2.45, 2.75) is 0 Å². The largest absolute Gasteiger partial charge is 0.465 e. The Labute approximate surface area is 120 Å². The predicted octanol–water partition coefficient (Wildman–Crippen LogP) is 4.41. The molecule has 0 aliphatic rings. The van der Waals surface area contributed by atoms with Gasteiger partial charge in [0.1, 0.15) is 0 Å². The number of hydrogen-bond donors (Lipinski definition) is 0. The van der Waals surface area contributed by atoms with Crippen molar-refractivity contribution >= 4 is 34.1 Å². The normalized spacial score (nSPS) is 10.6. The number of carbonyl (C=O) groups excluding carboxylic acids is 1. The molecule has 2 aromatic carbocycles. The minimum atomic E-state index is -0.346. The highest BCUT2D eigenvalue weighted by Crippen LogP contribution is 2.24. The molecule has 2 rings (SSSR count). The lowest BCUT2D eigenvalue weighted by atomic mass is 10.1. The molecule has 0 bridgehead atoms. The molecule has 0 amide bonds. The van der Waals surface area contributed by atoms with Crippen LogP contribution in [0.1, 0.15) is 21.5 Å². The van der Waals surface area contributed by atoms with E-state index >= 15 is 0 Å². The first-order chi connectivity index (χ1) is 9.22. The Kier molecular flexibility index (Phi) is 4.53. The van der Waals surface area contributed by atoms with Gasteiger partial charge in [-0.15, -0.1) is 0 Å². The van der Waals surface area contributed by atoms with Crippen LogP contribution >= 0.6 is 15.9 Å². The Morgan fingerprint density at radius 1 is 1.05 bits per heavy atom. The van der Waals surface area contributed by atoms with Crippen LogP contribution in [0.3, 0.4) is 0 Å². The van der Waals surface area contributed by atoms with Crippen LogP contribution in [0.25, 0.3) is 12.2 Å². The molecule has 0 N–H and O–H groups in total. The van der Waals surface area contributed by atoms with E-state index in [0.717, 1.165) is 15.6 Å². The number of rotatable bonds is 3. The number of halogens is 1. The maximum atomic E-state index is 11.6. The highest BCUT2D eigenvalue weighted by atomic mass is 79.9. The molecule has 0 saturated carbocycles. The molecule has 0 unspecified atom stereocenters. The maximum Gasteiger partial charge on any atom is 0.339 e. The van der Waals surface area contributed by atoms with Crippen molar-refractivity contribution in [3.05, 3.63) is 69.7 Å². The van der Waals surface area contributed by atoms with Crippen LogP contribution in [0, 0.1) is 0 Å². The van der Waals surface area contributed by atoms with Crippen molar-refractivity contribution in [3.63, 3.8) is 0 Å². The highest BCUT2D eigenvalue weighted by molar-refractivity contribution is 9.10. The highest BCUT2D eigenvalue weighted by Gasteiger charge is 2.11. The summed E-state index contributed by atoms with van der Waals surface area (Å²) in [6, 6.07) is 15.5. The summed E-state index contributed by atoms with van der Waals surface area (Å²) in [5.41, 5.74) is 2.57. The monoisotopic (exact) mass is 316 g/mol. The standard InChI is InChI=1S/C16H13BrO2/c1-19-16(18)14-9-5-8-13(15(14)17)11-10-12-6-3-2-4-7-12/h2-11H,1H3/b11-10-. The second-order valence-corrected chi connectivity index (χ2v) is 4.74. The first kappa shape index (κ1) is 13.6. The molecule has 0 atom stereocenters. The Hall–Kier alpha value is -1.87. The van der Waals surface area contributed by atoms with Gasteiger partial charge in [-0.25, -0.2) is 4.79 Å². The van der Waals surface area contributed by atoms with E-state index in [1.807, 2.05) is 54.6 Å². The molecule has 0 fully saturated rings. The Morgan fingerprint density at radius 2 is 1.79 bits per heavy atom. The topological polar surface area (TPSA) is 26.3 Å². The third kappa shape index (κ3) is 3.32. The molecule has 0 heterocycles. The van der Waals surface area contributed by atoms with E-state index in [0.29, 0.717) is 5.56 Å². The fourth-order valence-corrected chi connectivity index (χ4v) is 2.25. The molecule has 2 nitrogen and oxygen atoms in total. The van der Waals surface area contributed by atoms with Crippen LogP contribution in [0.15, 0.2) is 53.0 Å². The zero-order valence-corrected chi connectivity index (χ0v) is 12.1. The Balaban J connectivity index is 2.31. The first-order valence-electron chi connectivity index (χ1n) is 5.82. The molecule has 96 valence electrons. The predicted molar refractivity (Wildman–Crippen MR) is 80.9 cm³/mol. The third-order valence-corrected chi connectivity index (χ3v) is 3.57. The van der Waals surface area contributed by atoms with Gasteiger partial charge in [-0.05, 0) is 33.1 Å². The summed E-state index contributed by atoms with van der Waals surface area (Å²) in [6.45, 7) is 0. The average Bonchev–Trinajstić information content (AvgIpc) is 2.46. The Bertz CT molecular complexity index is 603. The quantitative estimate of drug-likeness (QED) is 0.619. The van der Waals surface area contributed by atoms with Crippen molar-refractivity contribution in [3.8, 4) is 0 Å². The van der Waals surface area contributed by atoms with Crippen molar-refractivity contribution in [1.29, 1.82) is 0 Å². The molecule has 0 spiro atoms. The SMILES string of the molecule is COC(=O)c1cccc(/C=C\c2ccccc2)c1Br. The molecule has 0 aliphatic heterocycles. The van der Waals surface area contributed by atoms with E-state index in [-0.39, 0.29) is 5.97 Å². The van der Waals surface area contributed by atoms with E-state index < -0.39 is 0 Å². The molecule has 19 heavy (non-hydrogen) atoms. The van der Waals surface area contributed by atoms with Gasteiger partial charge in [-0.2, -0.15) is 0 Å². The second-order valence-electron chi connectivity index (χ2n) is 3.94. The number of ether oxygens (including phenoxy) is 1. The third-order valence-electron chi connectivity index (χ3n) is 2.69. The van der Waals surface area contributed by atoms with Crippen molar-refractivity contribution in [2.75, 3.05) is 7.11 Å². The van der Waals surface area contributed by atoms with Gasteiger partial charge in [0.05, 0.1) is 12.7 Å². The van der Waals surface area contributed by atoms with E-state index in [1.54, 1.807) is 6.07 Å². The number of hydrogen-bond acceptors (Lipinski definition) is 2. The van der Waals surface area contributed by atoms with Crippen molar-refractivity contribution in [1.82, 2.24) is 0 Å². The number of carbonyl (C=O) groups is 1. The summed E-state index contributed by atoms with van der Waals surface area (Å²) >= 11 is 3.44. The molecule has 2 aromatic rings. The van der Waals surface area contributed by atoms with Crippen LogP contribution < -0.4 is 0 Å². The second kappa shape index (κ2) is 6.34. The number of methoxy groups -OCH3 is 1. The minimum Gasteiger partial charge on any atom is -0.465 e. The van der Waals surface area contributed by atoms with Gasteiger partial charge in [0.25, 0.3) is 0 Å². The molecule has 0 radical (unpaired) electrons. The molecule has 3 heteroatoms. The summed E-state index contributed by atoms with van der Waals surface area (Å²) in [7, 11) is 1.38. The molecular formula is C16H13BrO2. The lowest BCUT2D eigenvalue weighted by molar-refractivity contribution is 0.0599. The minimum absolute atomic E-state index is 0.346. The fourth-order valence-electron chi connectivity index (χ4n) is 1.70. The van der Waals surface area contributed by atoms with Gasteiger partial charge in [-0.1, -0.05) is 54.6 Å². The summed E-state index contributed by atoms with van der Waals surface area (Å²) in [6.07, 6.45) is 3.97. The molecule has 0 aliphatic carbocycles. The fraction of sp³-hybridized carbons (Fsp3) is 0.0625. The maximum absolute atomic E-state index is 11.6. The zero-order valence-electron chi connectivity index (χ0n) is 10.5. The van der Waals surface area contributed by atoms with Crippen molar-refractivity contribution < 1.29 is 9.53 Å². The van der Waals surface area contributed by atoms with Crippen LogP contribution in [0.5, 0.6) is 0 Å². The first-order valence-corrected chi connectivity index (χ1v) is 6.61. The van der Waals surface area contributed by atoms with Gasteiger partial charge in [-0.3, -0.25) is 0 Å². The van der Waals surface area contributed by atoms with Gasteiger partial charge < -0.3 is 4.74 Å². The number of esters is 1. The van der Waals surface area contributed by atoms with Gasteiger partial charge >= 0.3 is 5.97 Å². The zero-order chi connectivity index (χ0) is 13.7. The molecular weight excluding hydrogens is 304 g/mol. The molecule has 0 aromatic heterocycles. The summed E-state index contributed by atoms with van der Waals surface area (Å²) in [4.78, 5) is 11.6. The van der Waals surface area contributed by atoms with E-state index in [1.165, 1.54) is 7.11 Å². The van der Waals surface area contributed by atoms with Crippen LogP contribution in [-0.2, 0) is 4.74 Å². The van der Waals surface area contributed by atoms with Crippen LogP contribution in [0.4, 0.5) is 0 Å². The van der Waals surface area contributed by atoms with E-state index in [4.69, 9.17) is 4.74 Å². The van der Waals surface area contributed by atoms with Crippen LogP contribution in [0.2, 0.25) is 0 Å². The summed E-state index contributed by atoms with van der Waals surface area (Å²) < 4.78 is 5.49. The van der Waals surface area contributed by atoms with Gasteiger partial charge in [0, 0.05) is 4.47 Å². The van der Waals surface area contributed by atoms with Crippen LogP contribution in [-0.4, -0.2) is 13.1 Å². The summed E-state index contributed by atoms with van der Waals surface area (Å²) in [5, 5.41) is 0.